The second-order valence-corrected chi connectivity index (χ2v) is 8.59. The van der Waals surface area contributed by atoms with Crippen molar-refractivity contribution >= 4 is 21.9 Å². The molecule has 9 nitrogen and oxygen atoms in total. The number of nitrogens with one attached hydrogen (secondary N) is 2. The average Bonchev–Trinajstić information content (AvgIpc) is 3.44. The molecule has 0 radical (unpaired) electrons. The summed E-state index contributed by atoms with van der Waals surface area (Å²) in [5.74, 6) is 1.10. The number of hydrogen-bond acceptors (Lipinski definition) is 8. The first-order valence-corrected chi connectivity index (χ1v) is 12.1. The minimum atomic E-state index is -0.392. The third kappa shape index (κ3) is 5.54. The lowest BCUT2D eigenvalue weighted by molar-refractivity contribution is 0.267. The van der Waals surface area contributed by atoms with E-state index in [1.165, 1.54) is 13.2 Å². The molecular weight excluding hydrogens is 485 g/mol. The first-order valence-electron chi connectivity index (χ1n) is 12.1. The van der Waals surface area contributed by atoms with Crippen molar-refractivity contribution in [2.24, 2.45) is 0 Å². The number of aromatic amines is 1. The summed E-state index contributed by atoms with van der Waals surface area (Å²) in [7, 11) is 1.54. The maximum atomic E-state index is 14.9. The second-order valence-electron chi connectivity index (χ2n) is 8.59. The van der Waals surface area contributed by atoms with Crippen molar-refractivity contribution in [3.8, 4) is 34.6 Å². The van der Waals surface area contributed by atoms with Crippen LogP contribution >= 0.6 is 0 Å². The summed E-state index contributed by atoms with van der Waals surface area (Å²) in [6.45, 7) is 4.69. The molecule has 1 fully saturated rings. The number of piperazine rings is 1. The minimum Gasteiger partial charge on any atom is -0.496 e. The standard InChI is InChI=1S/C22H15FN4O2.C6H11N3/c1-28-20-8-13(29-21-4-2-3-7-24-21)5-6-14(20)15-9-16-18(10-17(15)23)25-11-19-22(16)27-12-26-19;7-1-4-9-5-2-8-3-6-9/h2-12H,1H3,(H,26,27);8H,2-6H2. The van der Waals surface area contributed by atoms with E-state index in [1.54, 1.807) is 49.1 Å². The van der Waals surface area contributed by atoms with Gasteiger partial charge in [0.25, 0.3) is 0 Å². The topological polar surface area (TPSA) is 112 Å². The van der Waals surface area contributed by atoms with E-state index < -0.39 is 5.82 Å². The number of nitrogens with zero attached hydrogens (tertiary/aromatic N) is 5. The van der Waals surface area contributed by atoms with Gasteiger partial charge in [-0.05, 0) is 24.3 Å². The molecule has 192 valence electrons. The molecule has 0 unspecified atom stereocenters. The van der Waals surface area contributed by atoms with Crippen LogP contribution in [0.15, 0.2) is 67.3 Å². The summed E-state index contributed by atoms with van der Waals surface area (Å²) >= 11 is 0. The fourth-order valence-electron chi connectivity index (χ4n) is 4.27. The predicted octanol–water partition coefficient (Wildman–Crippen LogP) is 4.53. The van der Waals surface area contributed by atoms with Gasteiger partial charge in [0.15, 0.2) is 0 Å². The number of fused-ring (bicyclic) bond motifs is 3. The van der Waals surface area contributed by atoms with Gasteiger partial charge in [-0.15, -0.1) is 0 Å². The smallest absolute Gasteiger partial charge is 0.219 e. The number of imidazole rings is 1. The molecule has 10 heteroatoms. The zero-order valence-corrected chi connectivity index (χ0v) is 20.8. The van der Waals surface area contributed by atoms with E-state index in [4.69, 9.17) is 14.7 Å². The Balaban J connectivity index is 0.000000278. The molecule has 6 rings (SSSR count). The summed E-state index contributed by atoms with van der Waals surface area (Å²) in [6.07, 6.45) is 4.89. The summed E-state index contributed by atoms with van der Waals surface area (Å²) in [5, 5.41) is 12.3. The van der Waals surface area contributed by atoms with Crippen molar-refractivity contribution in [1.29, 1.82) is 5.26 Å². The number of benzene rings is 2. The number of methoxy groups -OCH3 is 1. The van der Waals surface area contributed by atoms with Crippen LogP contribution in [0.4, 0.5) is 4.39 Å². The van der Waals surface area contributed by atoms with Crippen molar-refractivity contribution in [3.05, 3.63) is 73.1 Å². The van der Waals surface area contributed by atoms with Crippen LogP contribution in [0.25, 0.3) is 33.1 Å². The Kier molecular flexibility index (Phi) is 7.68. The van der Waals surface area contributed by atoms with E-state index in [0.29, 0.717) is 40.6 Å². The number of halogens is 1. The summed E-state index contributed by atoms with van der Waals surface area (Å²) in [6, 6.07) is 15.9. The van der Waals surface area contributed by atoms with Crippen LogP contribution in [-0.4, -0.2) is 64.7 Å². The van der Waals surface area contributed by atoms with Crippen molar-refractivity contribution in [2.75, 3.05) is 39.8 Å². The molecule has 1 aliphatic heterocycles. The van der Waals surface area contributed by atoms with Crippen LogP contribution in [0.3, 0.4) is 0 Å². The van der Waals surface area contributed by atoms with E-state index in [0.717, 1.165) is 42.6 Å². The van der Waals surface area contributed by atoms with E-state index in [9.17, 15) is 4.39 Å². The van der Waals surface area contributed by atoms with Gasteiger partial charge in [-0.1, -0.05) is 6.07 Å². The van der Waals surface area contributed by atoms with Gasteiger partial charge in [-0.25, -0.2) is 14.4 Å². The SMILES string of the molecule is COc1cc(Oc2ccccn2)ccc1-c1cc2c(cc1F)ncc1[nH]cnc12.N#CCN1CCNCC1. The third-order valence-electron chi connectivity index (χ3n) is 6.17. The molecule has 1 saturated heterocycles. The van der Waals surface area contributed by atoms with Gasteiger partial charge < -0.3 is 19.8 Å². The van der Waals surface area contributed by atoms with Gasteiger partial charge in [0, 0.05) is 67.1 Å². The molecule has 2 aromatic carbocycles. The molecule has 0 aliphatic carbocycles. The molecule has 0 amide bonds. The predicted molar refractivity (Wildman–Crippen MR) is 143 cm³/mol. The quantitative estimate of drug-likeness (QED) is 0.331. The molecule has 5 aromatic rings. The van der Waals surface area contributed by atoms with Crippen molar-refractivity contribution in [2.45, 2.75) is 0 Å². The summed E-state index contributed by atoms with van der Waals surface area (Å²) in [4.78, 5) is 18.0. The van der Waals surface area contributed by atoms with Gasteiger partial charge in [0.1, 0.15) is 17.3 Å². The van der Waals surface area contributed by atoms with E-state index >= 15 is 0 Å². The van der Waals surface area contributed by atoms with Crippen molar-refractivity contribution < 1.29 is 13.9 Å². The Bertz CT molecular complexity index is 1580. The molecule has 0 bridgehead atoms. The first-order chi connectivity index (χ1) is 18.7. The number of hydrogen-bond donors (Lipinski definition) is 2. The minimum absolute atomic E-state index is 0.392. The summed E-state index contributed by atoms with van der Waals surface area (Å²) < 4.78 is 26.2. The van der Waals surface area contributed by atoms with Gasteiger partial charge in [-0.2, -0.15) is 5.26 Å². The molecule has 0 saturated carbocycles. The Morgan fingerprint density at radius 2 is 1.92 bits per heavy atom. The maximum absolute atomic E-state index is 14.9. The Labute approximate surface area is 218 Å². The molecule has 38 heavy (non-hydrogen) atoms. The normalized spacial score (nSPS) is 13.5. The highest BCUT2D eigenvalue weighted by Gasteiger charge is 2.16. The van der Waals surface area contributed by atoms with Crippen LogP contribution in [0.5, 0.6) is 17.4 Å². The number of pyridine rings is 2. The lowest BCUT2D eigenvalue weighted by atomic mass is 10.0. The maximum Gasteiger partial charge on any atom is 0.219 e. The Morgan fingerprint density at radius 1 is 1.05 bits per heavy atom. The fourth-order valence-corrected chi connectivity index (χ4v) is 4.27. The Hall–Kier alpha value is -4.59. The van der Waals surface area contributed by atoms with Crippen molar-refractivity contribution in [1.82, 2.24) is 30.2 Å². The number of aromatic nitrogens is 4. The van der Waals surface area contributed by atoms with Crippen LogP contribution < -0.4 is 14.8 Å². The van der Waals surface area contributed by atoms with Gasteiger partial charge in [0.2, 0.25) is 5.88 Å². The highest BCUT2D eigenvalue weighted by molar-refractivity contribution is 6.03. The van der Waals surface area contributed by atoms with Crippen molar-refractivity contribution in [3.63, 3.8) is 0 Å². The zero-order valence-electron chi connectivity index (χ0n) is 20.8. The lowest BCUT2D eigenvalue weighted by Crippen LogP contribution is -2.43. The average molecular weight is 512 g/mol. The van der Waals surface area contributed by atoms with Gasteiger partial charge in [0.05, 0.1) is 48.8 Å². The van der Waals surface area contributed by atoms with E-state index in [-0.39, 0.29) is 0 Å². The highest BCUT2D eigenvalue weighted by atomic mass is 19.1. The third-order valence-corrected chi connectivity index (χ3v) is 6.17. The molecule has 4 heterocycles. The number of nitriles is 1. The Morgan fingerprint density at radius 3 is 2.68 bits per heavy atom. The number of ether oxygens (including phenoxy) is 2. The number of H-pyrrole nitrogens is 1. The molecule has 0 spiro atoms. The molecule has 2 N–H and O–H groups in total. The van der Waals surface area contributed by atoms with Crippen LogP contribution in [-0.2, 0) is 0 Å². The van der Waals surface area contributed by atoms with Crippen LogP contribution in [0.2, 0.25) is 0 Å². The first kappa shape index (κ1) is 25.1. The van der Waals surface area contributed by atoms with Gasteiger partial charge >= 0.3 is 0 Å². The zero-order chi connectivity index (χ0) is 26.3. The largest absolute Gasteiger partial charge is 0.496 e. The fraction of sp³-hybridized carbons (Fsp3) is 0.214. The summed E-state index contributed by atoms with van der Waals surface area (Å²) in [5.41, 5.74) is 3.08. The lowest BCUT2D eigenvalue weighted by Gasteiger charge is -2.24. The van der Waals surface area contributed by atoms with Crippen LogP contribution in [0.1, 0.15) is 0 Å². The molecule has 0 atom stereocenters. The van der Waals surface area contributed by atoms with Gasteiger partial charge in [-0.3, -0.25) is 9.88 Å². The van der Waals surface area contributed by atoms with Crippen LogP contribution in [0, 0.1) is 17.1 Å². The molecule has 1 aliphatic rings. The highest BCUT2D eigenvalue weighted by Crippen LogP contribution is 2.38. The van der Waals surface area contributed by atoms with E-state index in [2.05, 4.69) is 36.2 Å². The van der Waals surface area contributed by atoms with E-state index in [1.807, 2.05) is 12.1 Å². The second kappa shape index (κ2) is 11.6. The number of rotatable bonds is 5. The molecule has 3 aromatic heterocycles. The molecular formula is C28H26FN7O2. The monoisotopic (exact) mass is 511 g/mol.